The zero-order chi connectivity index (χ0) is 21.2. The second-order valence-electron chi connectivity index (χ2n) is 6.58. The fraction of sp³-hybridized carbons (Fsp3) is 0.208. The van der Waals surface area contributed by atoms with E-state index >= 15 is 0 Å². The van der Waals surface area contributed by atoms with E-state index in [4.69, 9.17) is 14.2 Å². The maximum absolute atomic E-state index is 12.3. The highest BCUT2D eigenvalue weighted by Crippen LogP contribution is 2.28. The van der Waals surface area contributed by atoms with Crippen molar-refractivity contribution in [3.63, 3.8) is 0 Å². The molecular weight excluding hydrogens is 380 g/mol. The van der Waals surface area contributed by atoms with Gasteiger partial charge in [-0.3, -0.25) is 4.79 Å². The number of carbonyl (C=O) groups is 1. The topological polar surface area (TPSA) is 68.8 Å². The molecule has 0 aliphatic heterocycles. The molecule has 6 nitrogen and oxygen atoms in total. The highest BCUT2D eigenvalue weighted by Gasteiger charge is 2.09. The van der Waals surface area contributed by atoms with Crippen molar-refractivity contribution in [1.29, 1.82) is 0 Å². The smallest absolute Gasteiger partial charge is 0.243 e. The minimum atomic E-state index is -0.190. The Balaban J connectivity index is 1.46. The molecule has 3 aromatic carbocycles. The van der Waals surface area contributed by atoms with E-state index in [0.29, 0.717) is 23.8 Å². The molecule has 2 N–H and O–H groups in total. The number of hydrogen-bond donors (Lipinski definition) is 2. The van der Waals surface area contributed by atoms with Gasteiger partial charge in [-0.15, -0.1) is 0 Å². The molecule has 3 aromatic rings. The van der Waals surface area contributed by atoms with Crippen LogP contribution in [0.2, 0.25) is 0 Å². The average molecular weight is 406 g/mol. The normalized spacial score (nSPS) is 10.2. The predicted octanol–water partition coefficient (Wildman–Crippen LogP) is 4.38. The lowest BCUT2D eigenvalue weighted by atomic mass is 10.2. The third-order valence-electron chi connectivity index (χ3n) is 4.49. The summed E-state index contributed by atoms with van der Waals surface area (Å²) in [5, 5.41) is 5.93. The van der Waals surface area contributed by atoms with Gasteiger partial charge in [-0.25, -0.2) is 0 Å². The number of benzene rings is 3. The fourth-order valence-electron chi connectivity index (χ4n) is 2.89. The van der Waals surface area contributed by atoms with Crippen molar-refractivity contribution >= 4 is 17.3 Å². The molecule has 30 heavy (non-hydrogen) atoms. The van der Waals surface area contributed by atoms with E-state index in [2.05, 4.69) is 22.8 Å². The van der Waals surface area contributed by atoms with Crippen LogP contribution in [0.15, 0.2) is 72.8 Å². The Labute approximate surface area is 176 Å². The van der Waals surface area contributed by atoms with E-state index in [9.17, 15) is 4.79 Å². The van der Waals surface area contributed by atoms with Crippen LogP contribution in [0.5, 0.6) is 17.2 Å². The first kappa shape index (κ1) is 21.0. The van der Waals surface area contributed by atoms with Crippen molar-refractivity contribution in [3.8, 4) is 17.2 Å². The van der Waals surface area contributed by atoms with Crippen molar-refractivity contribution in [3.05, 3.63) is 78.4 Å². The first-order valence-electron chi connectivity index (χ1n) is 9.70. The predicted molar refractivity (Wildman–Crippen MR) is 119 cm³/mol. The minimum absolute atomic E-state index is 0.120. The number of rotatable bonds is 10. The van der Waals surface area contributed by atoms with Gasteiger partial charge in [-0.1, -0.05) is 30.3 Å². The fourth-order valence-corrected chi connectivity index (χ4v) is 2.89. The molecule has 0 atom stereocenters. The van der Waals surface area contributed by atoms with Crippen LogP contribution in [0.3, 0.4) is 0 Å². The van der Waals surface area contributed by atoms with Gasteiger partial charge < -0.3 is 24.8 Å². The summed E-state index contributed by atoms with van der Waals surface area (Å²) in [7, 11) is 3.13. The first-order valence-corrected chi connectivity index (χ1v) is 9.70. The molecule has 6 heteroatoms. The third-order valence-corrected chi connectivity index (χ3v) is 4.49. The summed E-state index contributed by atoms with van der Waals surface area (Å²) >= 11 is 0. The van der Waals surface area contributed by atoms with Gasteiger partial charge in [0.05, 0.1) is 33.1 Å². The molecular formula is C24H26N2O4. The lowest BCUT2D eigenvalue weighted by Gasteiger charge is -2.13. The summed E-state index contributed by atoms with van der Waals surface area (Å²) in [4.78, 5) is 12.3. The van der Waals surface area contributed by atoms with Crippen LogP contribution in [0.4, 0.5) is 11.4 Å². The van der Waals surface area contributed by atoms with Crippen LogP contribution in [-0.2, 0) is 11.2 Å². The number of nitrogens with one attached hydrogen (secondary N) is 2. The standard InChI is InChI=1S/C24H26N2O4/c1-28-21-12-13-23(29-2)22(16-21)26-24(27)17-25-19-8-10-20(11-9-19)30-15-14-18-6-4-3-5-7-18/h3-13,16,25H,14-15,17H2,1-2H3,(H,26,27). The van der Waals surface area contributed by atoms with Crippen molar-refractivity contribution in [2.45, 2.75) is 6.42 Å². The maximum atomic E-state index is 12.3. The summed E-state index contributed by atoms with van der Waals surface area (Å²) < 4.78 is 16.3. The number of ether oxygens (including phenoxy) is 3. The Morgan fingerprint density at radius 3 is 2.30 bits per heavy atom. The molecule has 0 aliphatic carbocycles. The van der Waals surface area contributed by atoms with Crippen molar-refractivity contribution in [1.82, 2.24) is 0 Å². The van der Waals surface area contributed by atoms with Crippen LogP contribution < -0.4 is 24.8 Å². The molecule has 0 bridgehead atoms. The first-order chi connectivity index (χ1) is 14.7. The molecule has 1 amide bonds. The second kappa shape index (κ2) is 10.8. The highest BCUT2D eigenvalue weighted by atomic mass is 16.5. The lowest BCUT2D eigenvalue weighted by Crippen LogP contribution is -2.22. The number of hydrogen-bond acceptors (Lipinski definition) is 5. The summed E-state index contributed by atoms with van der Waals surface area (Å²) in [5.74, 6) is 1.81. The third kappa shape index (κ3) is 6.17. The number of anilines is 2. The van der Waals surface area contributed by atoms with E-state index in [1.807, 2.05) is 42.5 Å². The van der Waals surface area contributed by atoms with Gasteiger partial charge in [0.15, 0.2) is 0 Å². The van der Waals surface area contributed by atoms with Gasteiger partial charge in [0, 0.05) is 18.2 Å². The van der Waals surface area contributed by atoms with Gasteiger partial charge in [-0.2, -0.15) is 0 Å². The average Bonchev–Trinajstić information content (AvgIpc) is 2.79. The monoisotopic (exact) mass is 406 g/mol. The van der Waals surface area contributed by atoms with E-state index in [1.54, 1.807) is 32.4 Å². The van der Waals surface area contributed by atoms with E-state index in [-0.39, 0.29) is 12.5 Å². The second-order valence-corrected chi connectivity index (χ2v) is 6.58. The van der Waals surface area contributed by atoms with E-state index in [0.717, 1.165) is 17.9 Å². The van der Waals surface area contributed by atoms with Gasteiger partial charge >= 0.3 is 0 Å². The molecule has 0 radical (unpaired) electrons. The Kier molecular flexibility index (Phi) is 7.55. The Morgan fingerprint density at radius 2 is 1.60 bits per heavy atom. The maximum Gasteiger partial charge on any atom is 0.243 e. The molecule has 3 rings (SSSR count). The molecule has 0 aliphatic rings. The molecule has 0 saturated carbocycles. The Bertz CT molecular complexity index is 943. The summed E-state index contributed by atoms with van der Waals surface area (Å²) in [6, 6.07) is 23.0. The van der Waals surface area contributed by atoms with E-state index in [1.165, 1.54) is 5.56 Å². The van der Waals surface area contributed by atoms with Gasteiger partial charge in [-0.05, 0) is 42.0 Å². The zero-order valence-corrected chi connectivity index (χ0v) is 17.2. The SMILES string of the molecule is COc1ccc(OC)c(NC(=O)CNc2ccc(OCCc3ccccc3)cc2)c1. The highest BCUT2D eigenvalue weighted by molar-refractivity contribution is 5.95. The summed E-state index contributed by atoms with van der Waals surface area (Å²) in [6.07, 6.45) is 0.856. The molecule has 0 fully saturated rings. The quantitative estimate of drug-likeness (QED) is 0.523. The van der Waals surface area contributed by atoms with Crippen LogP contribution in [-0.4, -0.2) is 33.3 Å². The van der Waals surface area contributed by atoms with Crippen molar-refractivity contribution in [2.75, 3.05) is 38.0 Å². The number of carbonyl (C=O) groups excluding carboxylic acids is 1. The Hall–Kier alpha value is -3.67. The van der Waals surface area contributed by atoms with Crippen LogP contribution in [0.1, 0.15) is 5.56 Å². The molecule has 0 aromatic heterocycles. The van der Waals surface area contributed by atoms with Crippen molar-refractivity contribution < 1.29 is 19.0 Å². The molecule has 0 heterocycles. The summed E-state index contributed by atoms with van der Waals surface area (Å²) in [5.41, 5.74) is 2.64. The van der Waals surface area contributed by atoms with Gasteiger partial charge in [0.2, 0.25) is 5.91 Å². The molecule has 0 saturated heterocycles. The largest absolute Gasteiger partial charge is 0.497 e. The van der Waals surface area contributed by atoms with Gasteiger partial charge in [0.25, 0.3) is 0 Å². The minimum Gasteiger partial charge on any atom is -0.497 e. The van der Waals surface area contributed by atoms with E-state index < -0.39 is 0 Å². The molecule has 0 unspecified atom stereocenters. The number of amides is 1. The zero-order valence-electron chi connectivity index (χ0n) is 17.2. The molecule has 0 spiro atoms. The lowest BCUT2D eigenvalue weighted by molar-refractivity contribution is -0.114. The van der Waals surface area contributed by atoms with Crippen molar-refractivity contribution in [2.24, 2.45) is 0 Å². The molecule has 156 valence electrons. The Morgan fingerprint density at radius 1 is 0.867 bits per heavy atom. The van der Waals surface area contributed by atoms with Crippen LogP contribution in [0, 0.1) is 0 Å². The van der Waals surface area contributed by atoms with Crippen LogP contribution >= 0.6 is 0 Å². The summed E-state index contributed by atoms with van der Waals surface area (Å²) in [6.45, 7) is 0.732. The number of methoxy groups -OCH3 is 2. The van der Waals surface area contributed by atoms with Crippen LogP contribution in [0.25, 0.3) is 0 Å². The van der Waals surface area contributed by atoms with Gasteiger partial charge in [0.1, 0.15) is 17.2 Å².